The quantitative estimate of drug-likeness (QED) is 0.0969. The van der Waals surface area contributed by atoms with Crippen LogP contribution in [0.25, 0.3) is 0 Å². The molecule has 0 aliphatic heterocycles. The third-order valence-electron chi connectivity index (χ3n) is 5.05. The molecule has 0 bridgehead atoms. The summed E-state index contributed by atoms with van der Waals surface area (Å²) in [5.41, 5.74) is 11.4. The van der Waals surface area contributed by atoms with Crippen LogP contribution in [0.5, 0.6) is 0 Å². The Morgan fingerprint density at radius 2 is 1.26 bits per heavy atom. The Balaban J connectivity index is 5.50. The molecule has 0 saturated heterocycles. The monoisotopic (exact) mass is 537 g/mol. The van der Waals surface area contributed by atoms with Crippen LogP contribution in [0.4, 0.5) is 0 Å². The molecule has 0 radical (unpaired) electrons. The summed E-state index contributed by atoms with van der Waals surface area (Å²) < 4.78 is 0. The third kappa shape index (κ3) is 14.9. The maximum Gasteiger partial charge on any atom is 0.326 e. The molecule has 35 heavy (non-hydrogen) atoms. The molecular formula is C21H39N5O7S2. The minimum Gasteiger partial charge on any atom is -0.481 e. The highest BCUT2D eigenvalue weighted by Crippen LogP contribution is 2.07. The summed E-state index contributed by atoms with van der Waals surface area (Å²) in [4.78, 5) is 60.8. The summed E-state index contributed by atoms with van der Waals surface area (Å²) in [7, 11) is 0. The normalized spacial score (nSPS) is 14.3. The number of hydrogen-bond acceptors (Lipinski definition) is 9. The highest BCUT2D eigenvalue weighted by Gasteiger charge is 2.30. The first kappa shape index (κ1) is 33.0. The fourth-order valence-corrected chi connectivity index (χ4v) is 3.95. The molecule has 0 aliphatic carbocycles. The Labute approximate surface area is 214 Å². The Hall–Kier alpha value is -2.03. The summed E-state index contributed by atoms with van der Waals surface area (Å²) in [6.07, 6.45) is 4.95. The van der Waals surface area contributed by atoms with Gasteiger partial charge < -0.3 is 37.6 Å². The van der Waals surface area contributed by atoms with Gasteiger partial charge in [0.2, 0.25) is 17.7 Å². The third-order valence-corrected chi connectivity index (χ3v) is 6.34. The lowest BCUT2D eigenvalue weighted by molar-refractivity contribution is -0.143. The maximum absolute atomic E-state index is 13.0. The van der Waals surface area contributed by atoms with Gasteiger partial charge in [0.15, 0.2) is 0 Å². The number of carboxylic acid groups (broad SMARTS) is 2. The number of carboxylic acids is 2. The topological polar surface area (TPSA) is 214 Å². The van der Waals surface area contributed by atoms with Crippen molar-refractivity contribution in [2.24, 2.45) is 11.5 Å². The van der Waals surface area contributed by atoms with Crippen molar-refractivity contribution < 1.29 is 34.2 Å². The second kappa shape index (κ2) is 19.2. The zero-order valence-corrected chi connectivity index (χ0v) is 21.9. The van der Waals surface area contributed by atoms with Crippen molar-refractivity contribution in [2.75, 3.05) is 30.6 Å². The average Bonchev–Trinajstić information content (AvgIpc) is 2.81. The number of nitrogens with two attached hydrogens (primary N) is 2. The molecule has 4 atom stereocenters. The van der Waals surface area contributed by atoms with Gasteiger partial charge >= 0.3 is 11.9 Å². The predicted molar refractivity (Wildman–Crippen MR) is 137 cm³/mol. The van der Waals surface area contributed by atoms with Crippen LogP contribution in [0, 0.1) is 0 Å². The zero-order chi connectivity index (χ0) is 26.8. The second-order valence-electron chi connectivity index (χ2n) is 7.91. The number of thioether (sulfide) groups is 2. The van der Waals surface area contributed by atoms with E-state index in [1.54, 1.807) is 6.26 Å². The van der Waals surface area contributed by atoms with E-state index in [2.05, 4.69) is 16.0 Å². The predicted octanol–water partition coefficient (Wildman–Crippen LogP) is -0.647. The number of unbranched alkanes of at least 4 members (excludes halogenated alkanes) is 1. The molecule has 12 nitrogen and oxygen atoms in total. The Bertz CT molecular complexity index is 699. The molecule has 0 aromatic heterocycles. The maximum atomic E-state index is 13.0. The van der Waals surface area contributed by atoms with E-state index in [-0.39, 0.29) is 19.3 Å². The molecule has 4 unspecified atom stereocenters. The molecule has 0 saturated carbocycles. The number of carbonyl (C=O) groups excluding carboxylic acids is 3. The summed E-state index contributed by atoms with van der Waals surface area (Å²) >= 11 is 2.94. The van der Waals surface area contributed by atoms with E-state index in [4.69, 9.17) is 16.6 Å². The van der Waals surface area contributed by atoms with E-state index >= 15 is 0 Å². The molecule has 0 aromatic carbocycles. The van der Waals surface area contributed by atoms with Crippen molar-refractivity contribution in [1.82, 2.24) is 16.0 Å². The van der Waals surface area contributed by atoms with Crippen LogP contribution < -0.4 is 27.4 Å². The van der Waals surface area contributed by atoms with Crippen LogP contribution in [-0.4, -0.2) is 94.6 Å². The van der Waals surface area contributed by atoms with E-state index in [0.29, 0.717) is 37.3 Å². The molecule has 9 N–H and O–H groups in total. The fourth-order valence-electron chi connectivity index (χ4n) is 2.99. The van der Waals surface area contributed by atoms with Crippen molar-refractivity contribution >= 4 is 53.2 Å². The summed E-state index contributed by atoms with van der Waals surface area (Å²) in [5.74, 6) is -3.27. The highest BCUT2D eigenvalue weighted by molar-refractivity contribution is 7.98. The van der Waals surface area contributed by atoms with Crippen molar-refractivity contribution in [1.29, 1.82) is 0 Å². The minimum absolute atomic E-state index is 0.160. The molecular weight excluding hydrogens is 498 g/mol. The lowest BCUT2D eigenvalue weighted by Crippen LogP contribution is -2.57. The molecule has 14 heteroatoms. The van der Waals surface area contributed by atoms with Crippen molar-refractivity contribution in [2.45, 2.75) is 69.1 Å². The zero-order valence-electron chi connectivity index (χ0n) is 20.3. The summed E-state index contributed by atoms with van der Waals surface area (Å²) in [5, 5.41) is 25.9. The molecule has 0 spiro atoms. The smallest absolute Gasteiger partial charge is 0.326 e. The first-order valence-electron chi connectivity index (χ1n) is 11.4. The van der Waals surface area contributed by atoms with Gasteiger partial charge in [-0.05, 0) is 69.1 Å². The van der Waals surface area contributed by atoms with Crippen molar-refractivity contribution in [3.8, 4) is 0 Å². The van der Waals surface area contributed by atoms with Gasteiger partial charge in [0.1, 0.15) is 18.1 Å². The largest absolute Gasteiger partial charge is 0.481 e. The number of nitrogens with one attached hydrogen (secondary N) is 3. The standard InChI is InChI=1S/C21H39N5O7S2/c1-34-11-8-13(23)18(29)24-14(5-3-4-10-22)19(30)25-15(6-7-17(27)28)20(31)26-16(21(32)33)9-12-35-2/h13-16H,3-12,22-23H2,1-2H3,(H,24,29)(H,25,30)(H,26,31)(H,27,28)(H,32,33). The lowest BCUT2D eigenvalue weighted by atomic mass is 10.0. The number of carbonyl (C=O) groups is 5. The van der Waals surface area contributed by atoms with Gasteiger partial charge in [0.05, 0.1) is 6.04 Å². The van der Waals surface area contributed by atoms with Crippen LogP contribution in [-0.2, 0) is 24.0 Å². The van der Waals surface area contributed by atoms with E-state index in [0.717, 1.165) is 0 Å². The number of rotatable bonds is 20. The SMILES string of the molecule is CSCCC(N)C(=O)NC(CCCCN)C(=O)NC(CCC(=O)O)C(=O)NC(CCSC)C(=O)O. The van der Waals surface area contributed by atoms with E-state index in [9.17, 15) is 29.1 Å². The molecule has 0 aliphatic rings. The van der Waals surface area contributed by atoms with Gasteiger partial charge in [-0.25, -0.2) is 4.79 Å². The molecule has 3 amide bonds. The lowest BCUT2D eigenvalue weighted by Gasteiger charge is -2.25. The Morgan fingerprint density at radius 1 is 0.743 bits per heavy atom. The summed E-state index contributed by atoms with van der Waals surface area (Å²) in [6, 6.07) is -4.31. The van der Waals surface area contributed by atoms with Crippen LogP contribution in [0.15, 0.2) is 0 Å². The van der Waals surface area contributed by atoms with Gasteiger partial charge in [-0.2, -0.15) is 23.5 Å². The number of hydrogen-bond donors (Lipinski definition) is 7. The van der Waals surface area contributed by atoms with Crippen LogP contribution >= 0.6 is 23.5 Å². The van der Waals surface area contributed by atoms with Crippen molar-refractivity contribution in [3.05, 3.63) is 0 Å². The first-order valence-corrected chi connectivity index (χ1v) is 14.1. The van der Waals surface area contributed by atoms with Crippen LogP contribution in [0.1, 0.15) is 44.9 Å². The van der Waals surface area contributed by atoms with Crippen molar-refractivity contribution in [3.63, 3.8) is 0 Å². The molecule has 202 valence electrons. The molecule has 0 aromatic rings. The first-order chi connectivity index (χ1) is 16.6. The van der Waals surface area contributed by atoms with Gasteiger partial charge in [0, 0.05) is 6.42 Å². The fraction of sp³-hybridized carbons (Fsp3) is 0.762. The average molecular weight is 538 g/mol. The Morgan fingerprint density at radius 3 is 1.77 bits per heavy atom. The van der Waals surface area contributed by atoms with E-state index < -0.39 is 60.2 Å². The Kier molecular flexibility index (Phi) is 18.1. The number of amides is 3. The van der Waals surface area contributed by atoms with Gasteiger partial charge in [-0.15, -0.1) is 0 Å². The summed E-state index contributed by atoms with van der Waals surface area (Å²) in [6.45, 7) is 0.395. The van der Waals surface area contributed by atoms with E-state index in [1.807, 2.05) is 6.26 Å². The van der Waals surface area contributed by atoms with Gasteiger partial charge in [0.25, 0.3) is 0 Å². The van der Waals surface area contributed by atoms with E-state index in [1.165, 1.54) is 23.5 Å². The second-order valence-corrected chi connectivity index (χ2v) is 9.88. The number of aliphatic carboxylic acids is 2. The van der Waals surface area contributed by atoms with Crippen LogP contribution in [0.3, 0.4) is 0 Å². The molecule has 0 rings (SSSR count). The van der Waals surface area contributed by atoms with Crippen LogP contribution in [0.2, 0.25) is 0 Å². The molecule has 0 heterocycles. The highest BCUT2D eigenvalue weighted by atomic mass is 32.2. The van der Waals surface area contributed by atoms with Gasteiger partial charge in [-0.3, -0.25) is 19.2 Å². The molecule has 0 fully saturated rings. The van der Waals surface area contributed by atoms with Gasteiger partial charge in [-0.1, -0.05) is 0 Å². The minimum atomic E-state index is -1.30.